The lowest BCUT2D eigenvalue weighted by Crippen LogP contribution is -2.33. The Balaban J connectivity index is 2.65. The Kier molecular flexibility index (Phi) is 12.4. The fourth-order valence-electron chi connectivity index (χ4n) is 4.09. The first-order valence-corrected chi connectivity index (χ1v) is 10.7. The molecule has 5 heteroatoms. The summed E-state index contributed by atoms with van der Waals surface area (Å²) in [4.78, 5) is 11.1. The number of aliphatic hydroxyl groups is 2. The lowest BCUT2D eigenvalue weighted by atomic mass is 9.85. The maximum Gasteiger partial charge on any atom is 0.305 e. The van der Waals surface area contributed by atoms with Crippen LogP contribution in [0.3, 0.4) is 0 Å². The molecule has 0 bridgehead atoms. The van der Waals surface area contributed by atoms with Crippen molar-refractivity contribution in [3.05, 3.63) is 23.8 Å². The second kappa shape index (κ2) is 13.9. The molecule has 0 heterocycles. The third kappa shape index (κ3) is 8.46. The second-order valence-corrected chi connectivity index (χ2v) is 7.96. The van der Waals surface area contributed by atoms with Crippen molar-refractivity contribution in [1.82, 2.24) is 0 Å². The van der Waals surface area contributed by atoms with Gasteiger partial charge >= 0.3 is 5.97 Å². The number of methoxy groups -OCH3 is 2. The number of hydrogen-bond acceptors (Lipinski definition) is 5. The van der Waals surface area contributed by atoms with Crippen LogP contribution in [0.2, 0.25) is 0 Å². The Hall–Kier alpha value is -1.17. The largest absolute Gasteiger partial charge is 0.469 e. The molecule has 0 spiro atoms. The van der Waals surface area contributed by atoms with Gasteiger partial charge in [0.25, 0.3) is 0 Å². The molecule has 1 rings (SSSR count). The predicted octanol–water partition coefficient (Wildman–Crippen LogP) is 4.18. The van der Waals surface area contributed by atoms with Crippen LogP contribution in [-0.2, 0) is 14.3 Å². The average molecular weight is 397 g/mol. The number of allylic oxidation sites excluding steroid dienone is 3. The van der Waals surface area contributed by atoms with Crippen molar-refractivity contribution >= 4 is 5.97 Å². The van der Waals surface area contributed by atoms with E-state index in [2.05, 4.69) is 30.7 Å². The molecular formula is C23H40O5. The minimum absolute atomic E-state index is 0.0310. The maximum absolute atomic E-state index is 11.1. The third-order valence-corrected chi connectivity index (χ3v) is 5.75. The summed E-state index contributed by atoms with van der Waals surface area (Å²) in [6.07, 6.45) is 12.7. The summed E-state index contributed by atoms with van der Waals surface area (Å²) in [5.41, 5.74) is 1.28. The van der Waals surface area contributed by atoms with Crippen LogP contribution in [-0.4, -0.2) is 48.7 Å². The molecule has 5 nitrogen and oxygen atoms in total. The summed E-state index contributed by atoms with van der Waals surface area (Å²) in [5.74, 6) is -0.329. The Labute approximate surface area is 170 Å². The van der Waals surface area contributed by atoms with Gasteiger partial charge in [-0.05, 0) is 51.4 Å². The van der Waals surface area contributed by atoms with Crippen molar-refractivity contribution in [2.24, 2.45) is 11.8 Å². The highest BCUT2D eigenvalue weighted by atomic mass is 16.5. The molecule has 28 heavy (non-hydrogen) atoms. The molecule has 0 radical (unpaired) electrons. The molecule has 1 aliphatic carbocycles. The zero-order valence-electron chi connectivity index (χ0n) is 18.1. The number of hydrogen-bond donors (Lipinski definition) is 2. The number of unbranched alkanes of at least 4 members (excludes halogenated alkanes) is 3. The van der Waals surface area contributed by atoms with E-state index in [0.717, 1.165) is 19.3 Å². The van der Waals surface area contributed by atoms with E-state index in [1.54, 1.807) is 7.11 Å². The Bertz CT molecular complexity index is 499. The van der Waals surface area contributed by atoms with E-state index in [4.69, 9.17) is 4.74 Å². The van der Waals surface area contributed by atoms with E-state index in [-0.39, 0.29) is 23.9 Å². The summed E-state index contributed by atoms with van der Waals surface area (Å²) in [5, 5.41) is 21.0. The van der Waals surface area contributed by atoms with Gasteiger partial charge in [0.1, 0.15) is 0 Å². The molecule has 1 fully saturated rings. The molecule has 5 atom stereocenters. The van der Waals surface area contributed by atoms with Crippen LogP contribution in [0.15, 0.2) is 23.8 Å². The molecule has 0 aliphatic heterocycles. The van der Waals surface area contributed by atoms with E-state index < -0.39 is 12.2 Å². The monoisotopic (exact) mass is 396 g/mol. The van der Waals surface area contributed by atoms with Gasteiger partial charge in [-0.1, -0.05) is 43.6 Å². The standard InChI is InChI=1S/C23H40O5/c1-5-6-9-12-17(2)15-21(27-3)23-18(19(24)16-20(23)25)13-10-7-8-11-14-22(26)28-4/h7,10,15,18-21,23-25H,5-6,8-9,11-14,16H2,1-4H3/b10-7-,17-15+/t18-,19-,20+,21-,23+/m0/s1. The number of carbonyl (C=O) groups is 1. The summed E-state index contributed by atoms with van der Waals surface area (Å²) >= 11 is 0. The van der Waals surface area contributed by atoms with Crippen LogP contribution in [0, 0.1) is 11.8 Å². The molecule has 2 N–H and O–H groups in total. The highest BCUT2D eigenvalue weighted by Gasteiger charge is 2.44. The zero-order valence-corrected chi connectivity index (χ0v) is 18.1. The van der Waals surface area contributed by atoms with Gasteiger partial charge in [-0.15, -0.1) is 0 Å². The predicted molar refractivity (Wildman–Crippen MR) is 112 cm³/mol. The van der Waals surface area contributed by atoms with Gasteiger partial charge in [0.2, 0.25) is 0 Å². The first-order valence-electron chi connectivity index (χ1n) is 10.7. The molecule has 0 saturated heterocycles. The van der Waals surface area contributed by atoms with Gasteiger partial charge in [0.15, 0.2) is 0 Å². The highest BCUT2D eigenvalue weighted by molar-refractivity contribution is 5.69. The fraction of sp³-hybridized carbons (Fsp3) is 0.783. The van der Waals surface area contributed by atoms with Gasteiger partial charge in [0.05, 0.1) is 25.4 Å². The number of rotatable bonds is 13. The summed E-state index contributed by atoms with van der Waals surface area (Å²) in [7, 11) is 3.08. The molecule has 0 aromatic heterocycles. The zero-order chi connectivity index (χ0) is 20.9. The third-order valence-electron chi connectivity index (χ3n) is 5.75. The summed E-state index contributed by atoms with van der Waals surface area (Å²) in [6, 6.07) is 0. The van der Waals surface area contributed by atoms with Crippen LogP contribution >= 0.6 is 0 Å². The Morgan fingerprint density at radius 2 is 1.86 bits per heavy atom. The normalized spacial score (nSPS) is 26.7. The quantitative estimate of drug-likeness (QED) is 0.277. The van der Waals surface area contributed by atoms with E-state index in [9.17, 15) is 15.0 Å². The summed E-state index contributed by atoms with van der Waals surface area (Å²) in [6.45, 7) is 4.32. The van der Waals surface area contributed by atoms with E-state index in [0.29, 0.717) is 19.3 Å². The van der Waals surface area contributed by atoms with Gasteiger partial charge in [-0.3, -0.25) is 4.79 Å². The van der Waals surface area contributed by atoms with Crippen molar-refractivity contribution in [2.45, 2.75) is 89.9 Å². The SMILES string of the molecule is CCCCC/C(C)=C/[C@H](OC)[C@@H]1[C@@H](C/C=C\CCCC(=O)OC)[C@@H](O)C[C@H]1O. The Morgan fingerprint density at radius 3 is 2.50 bits per heavy atom. The molecule has 0 aromatic carbocycles. The van der Waals surface area contributed by atoms with Crippen LogP contribution in [0.1, 0.15) is 71.6 Å². The first kappa shape index (κ1) is 24.9. The van der Waals surface area contributed by atoms with E-state index >= 15 is 0 Å². The topological polar surface area (TPSA) is 76.0 Å². The highest BCUT2D eigenvalue weighted by Crippen LogP contribution is 2.39. The van der Waals surface area contributed by atoms with Gasteiger partial charge < -0.3 is 19.7 Å². The number of esters is 1. The van der Waals surface area contributed by atoms with Crippen LogP contribution in [0.5, 0.6) is 0 Å². The smallest absolute Gasteiger partial charge is 0.305 e. The van der Waals surface area contributed by atoms with E-state index in [1.165, 1.54) is 31.9 Å². The van der Waals surface area contributed by atoms with Gasteiger partial charge in [-0.2, -0.15) is 0 Å². The maximum atomic E-state index is 11.1. The molecule has 0 unspecified atom stereocenters. The number of carbonyl (C=O) groups excluding carboxylic acids is 1. The molecule has 1 saturated carbocycles. The van der Waals surface area contributed by atoms with Gasteiger partial charge in [-0.25, -0.2) is 0 Å². The van der Waals surface area contributed by atoms with Crippen LogP contribution in [0.25, 0.3) is 0 Å². The second-order valence-electron chi connectivity index (χ2n) is 7.96. The first-order chi connectivity index (χ1) is 13.4. The molecule has 162 valence electrons. The fourth-order valence-corrected chi connectivity index (χ4v) is 4.09. The number of aliphatic hydroxyl groups excluding tert-OH is 2. The Morgan fingerprint density at radius 1 is 1.11 bits per heavy atom. The van der Waals surface area contributed by atoms with Crippen molar-refractivity contribution in [3.8, 4) is 0 Å². The van der Waals surface area contributed by atoms with Gasteiger partial charge in [0, 0.05) is 19.4 Å². The van der Waals surface area contributed by atoms with Crippen molar-refractivity contribution in [2.75, 3.05) is 14.2 Å². The minimum atomic E-state index is -0.558. The van der Waals surface area contributed by atoms with Crippen molar-refractivity contribution in [3.63, 3.8) is 0 Å². The molecular weight excluding hydrogens is 356 g/mol. The number of ether oxygens (including phenoxy) is 2. The van der Waals surface area contributed by atoms with Crippen LogP contribution in [0.4, 0.5) is 0 Å². The van der Waals surface area contributed by atoms with Crippen molar-refractivity contribution < 1.29 is 24.5 Å². The molecule has 0 aromatic rings. The molecule has 0 amide bonds. The van der Waals surface area contributed by atoms with E-state index in [1.807, 2.05) is 6.08 Å². The lowest BCUT2D eigenvalue weighted by Gasteiger charge is -2.28. The lowest BCUT2D eigenvalue weighted by molar-refractivity contribution is -0.140. The molecule has 1 aliphatic rings. The van der Waals surface area contributed by atoms with Crippen LogP contribution < -0.4 is 0 Å². The average Bonchev–Trinajstić information content (AvgIpc) is 2.95. The van der Waals surface area contributed by atoms with Crippen molar-refractivity contribution in [1.29, 1.82) is 0 Å². The summed E-state index contributed by atoms with van der Waals surface area (Å²) < 4.78 is 10.4. The minimum Gasteiger partial charge on any atom is -0.469 e.